The van der Waals surface area contributed by atoms with Crippen LogP contribution in [0.2, 0.25) is 0 Å². The molecule has 0 spiro atoms. The zero-order valence-corrected chi connectivity index (χ0v) is 12.4. The van der Waals surface area contributed by atoms with Crippen LogP contribution >= 0.6 is 15.9 Å². The van der Waals surface area contributed by atoms with Crippen LogP contribution in [-0.4, -0.2) is 38.4 Å². The Morgan fingerprint density at radius 2 is 2.26 bits per heavy atom. The van der Waals surface area contributed by atoms with Crippen molar-refractivity contribution in [1.82, 2.24) is 5.32 Å². The van der Waals surface area contributed by atoms with Gasteiger partial charge in [0.15, 0.2) is 0 Å². The Labute approximate surface area is 120 Å². The summed E-state index contributed by atoms with van der Waals surface area (Å²) >= 11 is 3.42. The van der Waals surface area contributed by atoms with Crippen molar-refractivity contribution < 1.29 is 19.4 Å². The van der Waals surface area contributed by atoms with E-state index in [1.165, 1.54) is 0 Å². The van der Waals surface area contributed by atoms with Crippen LogP contribution in [0.5, 0.6) is 5.75 Å². The predicted molar refractivity (Wildman–Crippen MR) is 73.4 cm³/mol. The number of carbonyl (C=O) groups is 1. The van der Waals surface area contributed by atoms with Crippen LogP contribution < -0.4 is 10.1 Å². The van der Waals surface area contributed by atoms with Gasteiger partial charge in [-0.3, -0.25) is 4.79 Å². The third kappa shape index (κ3) is 2.35. The van der Waals surface area contributed by atoms with Gasteiger partial charge in [-0.2, -0.15) is 0 Å². The third-order valence-corrected chi connectivity index (χ3v) is 4.12. The van der Waals surface area contributed by atoms with Crippen molar-refractivity contribution in [3.05, 3.63) is 28.2 Å². The van der Waals surface area contributed by atoms with E-state index >= 15 is 0 Å². The minimum absolute atomic E-state index is 0.220. The summed E-state index contributed by atoms with van der Waals surface area (Å²) < 4.78 is 11.1. The lowest BCUT2D eigenvalue weighted by molar-refractivity contribution is -0.186. The highest BCUT2D eigenvalue weighted by molar-refractivity contribution is 9.10. The fraction of sp³-hybridized carbons (Fsp3) is 0.462. The van der Waals surface area contributed by atoms with Crippen molar-refractivity contribution in [2.75, 3.05) is 27.4 Å². The lowest BCUT2D eigenvalue weighted by Gasteiger charge is -2.43. The predicted octanol–water partition coefficient (Wildman–Crippen LogP) is 1.82. The molecule has 1 aliphatic rings. The first-order chi connectivity index (χ1) is 9.05. The van der Waals surface area contributed by atoms with E-state index in [4.69, 9.17) is 9.47 Å². The minimum Gasteiger partial charge on any atom is -0.496 e. The van der Waals surface area contributed by atoms with Crippen LogP contribution in [0.3, 0.4) is 0 Å². The molecule has 5 nitrogen and oxygen atoms in total. The van der Waals surface area contributed by atoms with Gasteiger partial charge in [0.1, 0.15) is 11.2 Å². The van der Waals surface area contributed by atoms with E-state index in [0.717, 1.165) is 10.0 Å². The summed E-state index contributed by atoms with van der Waals surface area (Å²) in [5.74, 6) is -0.127. The van der Waals surface area contributed by atoms with Gasteiger partial charge in [0.05, 0.1) is 30.8 Å². The highest BCUT2D eigenvalue weighted by atomic mass is 79.9. The summed E-state index contributed by atoms with van der Waals surface area (Å²) in [5.41, 5.74) is -0.0103. The summed E-state index contributed by atoms with van der Waals surface area (Å²) in [4.78, 5) is 11.5. The Morgan fingerprint density at radius 1 is 1.58 bits per heavy atom. The van der Waals surface area contributed by atoms with Crippen molar-refractivity contribution >= 4 is 21.9 Å². The van der Waals surface area contributed by atoms with E-state index in [-0.39, 0.29) is 19.3 Å². The number of ether oxygens (including phenoxy) is 2. The number of carboxylic acids is 1. The monoisotopic (exact) mass is 329 g/mol. The number of hydrogen-bond acceptors (Lipinski definition) is 4. The van der Waals surface area contributed by atoms with Gasteiger partial charge >= 0.3 is 5.97 Å². The van der Waals surface area contributed by atoms with Gasteiger partial charge in [-0.25, -0.2) is 0 Å². The molecule has 1 unspecified atom stereocenters. The quantitative estimate of drug-likeness (QED) is 0.862. The average molecular weight is 330 g/mol. The molecule has 1 aromatic rings. The van der Waals surface area contributed by atoms with Gasteiger partial charge in [-0.1, -0.05) is 6.07 Å². The molecule has 1 aliphatic heterocycles. The molecule has 104 valence electrons. The molecule has 1 fully saturated rings. The maximum Gasteiger partial charge on any atom is 0.316 e. The number of nitrogens with one attached hydrogen (secondary N) is 1. The lowest BCUT2D eigenvalue weighted by atomic mass is 9.75. The molecular weight excluding hydrogens is 314 g/mol. The molecule has 1 saturated heterocycles. The number of benzene rings is 1. The molecular formula is C13H16BrNO4. The highest BCUT2D eigenvalue weighted by Crippen LogP contribution is 2.42. The van der Waals surface area contributed by atoms with Crippen LogP contribution in [0.1, 0.15) is 11.6 Å². The lowest BCUT2D eigenvalue weighted by Crippen LogP contribution is -2.56. The second kappa shape index (κ2) is 5.48. The van der Waals surface area contributed by atoms with Crippen LogP contribution in [0.4, 0.5) is 0 Å². The summed E-state index contributed by atoms with van der Waals surface area (Å²) in [5, 5.41) is 12.5. The zero-order chi connectivity index (χ0) is 14.0. The fourth-order valence-electron chi connectivity index (χ4n) is 2.36. The second-order valence-corrected chi connectivity index (χ2v) is 5.42. The molecule has 0 radical (unpaired) electrons. The van der Waals surface area contributed by atoms with E-state index in [0.29, 0.717) is 5.75 Å². The Bertz CT molecular complexity index is 488. The van der Waals surface area contributed by atoms with Gasteiger partial charge in [-0.15, -0.1) is 0 Å². The van der Waals surface area contributed by atoms with Gasteiger partial charge in [-0.05, 0) is 40.7 Å². The van der Waals surface area contributed by atoms with E-state index in [1.807, 2.05) is 18.2 Å². The molecule has 0 amide bonds. The first kappa shape index (κ1) is 14.3. The number of methoxy groups -OCH3 is 1. The Hall–Kier alpha value is -1.11. The van der Waals surface area contributed by atoms with Crippen molar-refractivity contribution in [3.63, 3.8) is 0 Å². The van der Waals surface area contributed by atoms with Gasteiger partial charge < -0.3 is 19.9 Å². The van der Waals surface area contributed by atoms with Crippen LogP contribution in [0, 0.1) is 5.41 Å². The largest absolute Gasteiger partial charge is 0.496 e. The van der Waals surface area contributed by atoms with Crippen molar-refractivity contribution in [2.45, 2.75) is 6.04 Å². The molecule has 0 bridgehead atoms. The maximum absolute atomic E-state index is 11.5. The molecule has 1 aromatic carbocycles. The molecule has 2 N–H and O–H groups in total. The number of carboxylic acid groups (broad SMARTS) is 1. The van der Waals surface area contributed by atoms with E-state index in [1.54, 1.807) is 14.2 Å². The summed E-state index contributed by atoms with van der Waals surface area (Å²) in [6.45, 7) is 0.439. The molecule has 6 heteroatoms. The summed E-state index contributed by atoms with van der Waals surface area (Å²) in [7, 11) is 3.35. The SMILES string of the molecule is CNC(c1ccc(OC)c(Br)c1)C1(C(=O)O)COC1. The maximum atomic E-state index is 11.5. The molecule has 0 aliphatic carbocycles. The third-order valence-electron chi connectivity index (χ3n) is 3.50. The first-order valence-corrected chi connectivity index (χ1v) is 6.66. The minimum atomic E-state index is -0.900. The smallest absolute Gasteiger partial charge is 0.316 e. The summed E-state index contributed by atoms with van der Waals surface area (Å²) in [6, 6.07) is 5.26. The topological polar surface area (TPSA) is 67.8 Å². The van der Waals surface area contributed by atoms with E-state index in [2.05, 4.69) is 21.2 Å². The molecule has 19 heavy (non-hydrogen) atoms. The molecule has 0 saturated carbocycles. The van der Waals surface area contributed by atoms with Gasteiger partial charge in [0.25, 0.3) is 0 Å². The summed E-state index contributed by atoms with van der Waals surface area (Å²) in [6.07, 6.45) is 0. The van der Waals surface area contributed by atoms with Crippen LogP contribution in [0.15, 0.2) is 22.7 Å². The number of halogens is 1. The molecule has 1 heterocycles. The van der Waals surface area contributed by atoms with Crippen molar-refractivity contribution in [3.8, 4) is 5.75 Å². The Balaban J connectivity index is 2.37. The fourth-order valence-corrected chi connectivity index (χ4v) is 2.92. The van der Waals surface area contributed by atoms with Gasteiger partial charge in [0.2, 0.25) is 0 Å². The number of hydrogen-bond donors (Lipinski definition) is 2. The number of rotatable bonds is 5. The zero-order valence-electron chi connectivity index (χ0n) is 10.8. The first-order valence-electron chi connectivity index (χ1n) is 5.87. The Morgan fingerprint density at radius 3 is 2.63 bits per heavy atom. The van der Waals surface area contributed by atoms with Gasteiger partial charge in [0, 0.05) is 0 Å². The van der Waals surface area contributed by atoms with Crippen molar-refractivity contribution in [2.24, 2.45) is 5.41 Å². The highest BCUT2D eigenvalue weighted by Gasteiger charge is 2.52. The molecule has 0 aromatic heterocycles. The average Bonchev–Trinajstić information content (AvgIpc) is 2.32. The van der Waals surface area contributed by atoms with Crippen LogP contribution in [0.25, 0.3) is 0 Å². The Kier molecular flexibility index (Phi) is 4.13. The molecule has 1 atom stereocenters. The normalized spacial score (nSPS) is 18.5. The molecule has 2 rings (SSSR count). The number of aliphatic carboxylic acids is 1. The second-order valence-electron chi connectivity index (χ2n) is 4.57. The van der Waals surface area contributed by atoms with Crippen molar-refractivity contribution in [1.29, 1.82) is 0 Å². The van der Waals surface area contributed by atoms with Crippen LogP contribution in [-0.2, 0) is 9.53 Å². The standard InChI is InChI=1S/C13H16BrNO4/c1-15-11(13(12(16)17)6-19-7-13)8-3-4-10(18-2)9(14)5-8/h3-5,11,15H,6-7H2,1-2H3,(H,16,17). The van der Waals surface area contributed by atoms with E-state index in [9.17, 15) is 9.90 Å². The van der Waals surface area contributed by atoms with E-state index < -0.39 is 11.4 Å².